The highest BCUT2D eigenvalue weighted by molar-refractivity contribution is 6.36. The molecule has 0 atom stereocenters. The number of ether oxygens (including phenoxy) is 2. The van der Waals surface area contributed by atoms with E-state index in [0.29, 0.717) is 39.3 Å². The van der Waals surface area contributed by atoms with Gasteiger partial charge in [0, 0.05) is 22.2 Å². The fourth-order valence-corrected chi connectivity index (χ4v) is 3.39. The molecule has 3 rings (SSSR count). The van der Waals surface area contributed by atoms with E-state index in [1.807, 2.05) is 37.3 Å². The lowest BCUT2D eigenvalue weighted by molar-refractivity contribution is -0.139. The molecule has 0 unspecified atom stereocenters. The molecule has 176 valence electrons. The van der Waals surface area contributed by atoms with E-state index < -0.39 is 11.8 Å². The van der Waals surface area contributed by atoms with Crippen molar-refractivity contribution in [2.24, 2.45) is 5.10 Å². The average molecular weight is 500 g/mol. The predicted molar refractivity (Wildman–Crippen MR) is 132 cm³/mol. The topological polar surface area (TPSA) is 89.0 Å². The van der Waals surface area contributed by atoms with Crippen LogP contribution in [0.5, 0.6) is 11.5 Å². The van der Waals surface area contributed by atoms with Gasteiger partial charge in [0.05, 0.1) is 12.8 Å². The van der Waals surface area contributed by atoms with Crippen molar-refractivity contribution in [3.63, 3.8) is 0 Å². The van der Waals surface area contributed by atoms with Crippen LogP contribution in [0.2, 0.25) is 10.0 Å². The zero-order valence-electron chi connectivity index (χ0n) is 18.4. The van der Waals surface area contributed by atoms with Crippen molar-refractivity contribution in [3.05, 3.63) is 93.5 Å². The average Bonchev–Trinajstić information content (AvgIpc) is 2.84. The number of hydrogen-bond donors (Lipinski definition) is 2. The minimum absolute atomic E-state index is 0.167. The molecular weight excluding hydrogens is 477 g/mol. The van der Waals surface area contributed by atoms with Crippen LogP contribution in [0.1, 0.15) is 23.6 Å². The lowest BCUT2D eigenvalue weighted by Gasteiger charge is -2.14. The van der Waals surface area contributed by atoms with E-state index in [4.69, 9.17) is 32.7 Å². The van der Waals surface area contributed by atoms with Gasteiger partial charge in [0.25, 0.3) is 0 Å². The minimum atomic E-state index is -0.867. The van der Waals surface area contributed by atoms with Crippen LogP contribution in [-0.2, 0) is 22.7 Å². The summed E-state index contributed by atoms with van der Waals surface area (Å²) in [4.78, 5) is 23.9. The SMILES string of the molecule is CCOc1cc(/C=N\NC(=O)C(=O)NCc2ccccc2)ccc1OCc1c(Cl)cccc1Cl. The fraction of sp³-hybridized carbons (Fsp3) is 0.160. The van der Waals surface area contributed by atoms with Gasteiger partial charge in [0.1, 0.15) is 6.61 Å². The van der Waals surface area contributed by atoms with Gasteiger partial charge in [-0.3, -0.25) is 9.59 Å². The van der Waals surface area contributed by atoms with Crippen molar-refractivity contribution in [1.82, 2.24) is 10.7 Å². The van der Waals surface area contributed by atoms with Crippen LogP contribution in [0.3, 0.4) is 0 Å². The number of nitrogens with zero attached hydrogens (tertiary/aromatic N) is 1. The van der Waals surface area contributed by atoms with E-state index in [0.717, 1.165) is 5.56 Å². The predicted octanol–water partition coefficient (Wildman–Crippen LogP) is 4.74. The number of amides is 2. The molecule has 0 radical (unpaired) electrons. The molecule has 0 fully saturated rings. The van der Waals surface area contributed by atoms with E-state index in [1.54, 1.807) is 36.4 Å². The number of rotatable bonds is 9. The molecule has 0 heterocycles. The van der Waals surface area contributed by atoms with Crippen molar-refractivity contribution in [1.29, 1.82) is 0 Å². The molecule has 3 aromatic carbocycles. The van der Waals surface area contributed by atoms with Gasteiger partial charge in [-0.05, 0) is 48.4 Å². The van der Waals surface area contributed by atoms with Crippen LogP contribution in [0.25, 0.3) is 0 Å². The molecule has 34 heavy (non-hydrogen) atoms. The second-order valence-electron chi connectivity index (χ2n) is 7.00. The van der Waals surface area contributed by atoms with Crippen LogP contribution in [0, 0.1) is 0 Å². The van der Waals surface area contributed by atoms with E-state index in [2.05, 4.69) is 15.8 Å². The van der Waals surface area contributed by atoms with Crippen LogP contribution in [0.4, 0.5) is 0 Å². The molecule has 2 N–H and O–H groups in total. The summed E-state index contributed by atoms with van der Waals surface area (Å²) in [5, 5.41) is 7.41. The van der Waals surface area contributed by atoms with E-state index in [-0.39, 0.29) is 13.2 Å². The number of benzene rings is 3. The number of carbonyl (C=O) groups is 2. The first-order valence-corrected chi connectivity index (χ1v) is 11.2. The molecule has 7 nitrogen and oxygen atoms in total. The molecule has 0 aliphatic heterocycles. The number of hydrazone groups is 1. The molecule has 9 heteroatoms. The smallest absolute Gasteiger partial charge is 0.329 e. The summed E-state index contributed by atoms with van der Waals surface area (Å²) >= 11 is 12.4. The largest absolute Gasteiger partial charge is 0.490 e. The molecular formula is C25H23Cl2N3O4. The number of nitrogens with one attached hydrogen (secondary N) is 2. The lowest BCUT2D eigenvalue weighted by atomic mass is 10.2. The van der Waals surface area contributed by atoms with Gasteiger partial charge < -0.3 is 14.8 Å². The quantitative estimate of drug-likeness (QED) is 0.253. The molecule has 0 aromatic heterocycles. The van der Waals surface area contributed by atoms with Gasteiger partial charge in [0.2, 0.25) is 0 Å². The highest BCUT2D eigenvalue weighted by atomic mass is 35.5. The first-order valence-electron chi connectivity index (χ1n) is 10.5. The van der Waals surface area contributed by atoms with Gasteiger partial charge in [0.15, 0.2) is 11.5 Å². The third-order valence-electron chi connectivity index (χ3n) is 4.58. The van der Waals surface area contributed by atoms with Gasteiger partial charge in [-0.25, -0.2) is 5.43 Å². The molecule has 2 amide bonds. The summed E-state index contributed by atoms with van der Waals surface area (Å²) < 4.78 is 11.5. The normalized spacial score (nSPS) is 10.7. The Hall–Kier alpha value is -3.55. The Morgan fingerprint density at radius 3 is 2.35 bits per heavy atom. The molecule has 0 aliphatic rings. The highest BCUT2D eigenvalue weighted by Gasteiger charge is 2.13. The maximum absolute atomic E-state index is 11.9. The second-order valence-corrected chi connectivity index (χ2v) is 7.81. The molecule has 0 spiro atoms. The van der Waals surface area contributed by atoms with Crippen LogP contribution in [-0.4, -0.2) is 24.6 Å². The zero-order valence-corrected chi connectivity index (χ0v) is 19.9. The Kier molecular flexibility index (Phi) is 9.31. The second kappa shape index (κ2) is 12.6. The van der Waals surface area contributed by atoms with E-state index in [1.165, 1.54) is 6.21 Å². The summed E-state index contributed by atoms with van der Waals surface area (Å²) in [6, 6.07) is 19.7. The lowest BCUT2D eigenvalue weighted by Crippen LogP contribution is -2.37. The monoisotopic (exact) mass is 499 g/mol. The number of carbonyl (C=O) groups excluding carboxylic acids is 2. The Morgan fingerprint density at radius 2 is 1.65 bits per heavy atom. The number of hydrogen-bond acceptors (Lipinski definition) is 5. The third-order valence-corrected chi connectivity index (χ3v) is 5.29. The Morgan fingerprint density at radius 1 is 0.912 bits per heavy atom. The van der Waals surface area contributed by atoms with Crippen molar-refractivity contribution in [2.45, 2.75) is 20.1 Å². The summed E-state index contributed by atoms with van der Waals surface area (Å²) in [6.45, 7) is 2.68. The molecule has 0 bridgehead atoms. The molecule has 0 saturated heterocycles. The zero-order chi connectivity index (χ0) is 24.3. The van der Waals surface area contributed by atoms with Gasteiger partial charge in [-0.15, -0.1) is 0 Å². The Balaban J connectivity index is 1.58. The molecule has 3 aromatic rings. The standard InChI is InChI=1S/C25H23Cl2N3O4/c1-2-33-23-13-18(11-12-22(23)34-16-19-20(26)9-6-10-21(19)27)15-29-30-25(32)24(31)28-14-17-7-4-3-5-8-17/h3-13,15H,2,14,16H2,1H3,(H,28,31)(H,30,32)/b29-15-. The van der Waals surface area contributed by atoms with Crippen molar-refractivity contribution in [3.8, 4) is 11.5 Å². The molecule has 0 saturated carbocycles. The maximum Gasteiger partial charge on any atom is 0.329 e. The summed E-state index contributed by atoms with van der Waals surface area (Å²) in [7, 11) is 0. The maximum atomic E-state index is 11.9. The summed E-state index contributed by atoms with van der Waals surface area (Å²) in [5.41, 5.74) is 4.40. The Bertz CT molecular complexity index is 1150. The van der Waals surface area contributed by atoms with Gasteiger partial charge in [-0.2, -0.15) is 5.10 Å². The number of halogens is 2. The first-order chi connectivity index (χ1) is 16.5. The van der Waals surface area contributed by atoms with Crippen molar-refractivity contribution < 1.29 is 19.1 Å². The van der Waals surface area contributed by atoms with Crippen molar-refractivity contribution in [2.75, 3.05) is 6.61 Å². The molecule has 0 aliphatic carbocycles. The van der Waals surface area contributed by atoms with Crippen LogP contribution < -0.4 is 20.2 Å². The van der Waals surface area contributed by atoms with Crippen molar-refractivity contribution >= 4 is 41.2 Å². The van der Waals surface area contributed by atoms with Crippen LogP contribution in [0.15, 0.2) is 71.8 Å². The van der Waals surface area contributed by atoms with Gasteiger partial charge >= 0.3 is 11.8 Å². The van der Waals surface area contributed by atoms with Gasteiger partial charge in [-0.1, -0.05) is 59.6 Å². The van der Waals surface area contributed by atoms with E-state index >= 15 is 0 Å². The minimum Gasteiger partial charge on any atom is -0.490 e. The fourth-order valence-electron chi connectivity index (χ4n) is 2.89. The Labute approximate surface area is 207 Å². The summed E-state index contributed by atoms with van der Waals surface area (Å²) in [5.74, 6) is -0.660. The third kappa shape index (κ3) is 7.23. The summed E-state index contributed by atoms with van der Waals surface area (Å²) in [6.07, 6.45) is 1.40. The highest BCUT2D eigenvalue weighted by Crippen LogP contribution is 2.31. The first kappa shape index (κ1) is 25.1. The van der Waals surface area contributed by atoms with Crippen LogP contribution >= 0.6 is 23.2 Å². The van der Waals surface area contributed by atoms with E-state index in [9.17, 15) is 9.59 Å².